The molecule has 4 aliphatic rings. The Balaban J connectivity index is 1.24. The van der Waals surface area contributed by atoms with E-state index >= 15 is 9.59 Å². The zero-order valence-corrected chi connectivity index (χ0v) is 53.5. The number of esters is 4. The van der Waals surface area contributed by atoms with Crippen molar-refractivity contribution < 1.29 is 101 Å². The summed E-state index contributed by atoms with van der Waals surface area (Å²) in [5.74, 6) is -7.88. The Morgan fingerprint density at radius 1 is 0.820 bits per heavy atom. The highest BCUT2D eigenvalue weighted by molar-refractivity contribution is 8.76. The molecule has 7 N–H and O–H groups in total. The van der Waals surface area contributed by atoms with Crippen molar-refractivity contribution in [2.75, 3.05) is 45.4 Å². The van der Waals surface area contributed by atoms with Gasteiger partial charge in [-0.3, -0.25) is 24.0 Å². The second-order valence-electron chi connectivity index (χ2n) is 24.3. The van der Waals surface area contributed by atoms with E-state index in [1.807, 2.05) is 0 Å². The highest BCUT2D eigenvalue weighted by atomic mass is 33.1. The first-order chi connectivity index (χ1) is 41.9. The lowest BCUT2D eigenvalue weighted by Gasteiger charge is -2.67. The molecule has 2 aromatic carbocycles. The normalized spacial score (nSPS) is 26.1. The summed E-state index contributed by atoms with van der Waals surface area (Å²) in [6.45, 7) is 12.7. The second kappa shape index (κ2) is 30.8. The first-order valence-electron chi connectivity index (χ1n) is 29.5. The quantitative estimate of drug-likeness (QED) is 0.0157. The van der Waals surface area contributed by atoms with Crippen molar-refractivity contribution in [1.29, 1.82) is 0 Å². The van der Waals surface area contributed by atoms with Gasteiger partial charge in [0.25, 0.3) is 0 Å². The zero-order chi connectivity index (χ0) is 65.6. The van der Waals surface area contributed by atoms with Gasteiger partial charge in [-0.05, 0) is 95.6 Å². The van der Waals surface area contributed by atoms with Crippen LogP contribution >= 0.6 is 21.6 Å². The Morgan fingerprint density at radius 2 is 1.48 bits per heavy atom. The molecular weight excluding hydrogens is 1200 g/mol. The van der Waals surface area contributed by atoms with Gasteiger partial charge in [0.15, 0.2) is 11.4 Å². The average molecular weight is 1290 g/mol. The summed E-state index contributed by atoms with van der Waals surface area (Å²) in [7, 11) is 5.24. The highest BCUT2D eigenvalue weighted by Gasteiger charge is 2.78. The number of benzene rings is 2. The minimum atomic E-state index is -2.35. The van der Waals surface area contributed by atoms with Crippen LogP contribution in [0.25, 0.3) is 0 Å². The van der Waals surface area contributed by atoms with Crippen LogP contribution in [0.3, 0.4) is 0 Å². The van der Waals surface area contributed by atoms with E-state index in [0.717, 1.165) is 0 Å². The molecule has 89 heavy (non-hydrogen) atoms. The van der Waals surface area contributed by atoms with Crippen LogP contribution in [-0.4, -0.2) is 180 Å². The van der Waals surface area contributed by atoms with E-state index in [0.29, 0.717) is 24.2 Å². The summed E-state index contributed by atoms with van der Waals surface area (Å²) in [6, 6.07) is 12.7. The number of hydrogen-bond donors (Lipinski definition) is 7. The van der Waals surface area contributed by atoms with Gasteiger partial charge >= 0.3 is 47.9 Å². The molecule has 2 aromatic rings. The monoisotopic (exact) mass is 1280 g/mol. The van der Waals surface area contributed by atoms with Gasteiger partial charge in [-0.2, -0.15) is 0 Å². The maximum atomic E-state index is 15.9. The molecule has 0 aromatic heterocycles. The minimum absolute atomic E-state index is 0.0354. The summed E-state index contributed by atoms with van der Waals surface area (Å²) >= 11 is 0. The Morgan fingerprint density at radius 3 is 2.08 bits per heavy atom. The first-order valence-corrected chi connectivity index (χ1v) is 32.0. The molecule has 3 fully saturated rings. The van der Waals surface area contributed by atoms with Crippen LogP contribution in [-0.2, 0) is 71.5 Å². The zero-order valence-electron chi connectivity index (χ0n) is 51.9. The van der Waals surface area contributed by atoms with E-state index in [9.17, 15) is 48.6 Å². The summed E-state index contributed by atoms with van der Waals surface area (Å²) in [5, 5.41) is 42.6. The summed E-state index contributed by atoms with van der Waals surface area (Å²) < 4.78 is 49.4. The number of aliphatic carboxylic acids is 2. The predicted octanol–water partition coefficient (Wildman–Crippen LogP) is 6.18. The molecule has 2 bridgehead atoms. The maximum Gasteiger partial charge on any atom is 0.408 e. The number of rotatable bonds is 29. The molecule has 0 radical (unpaired) electrons. The third-order valence-corrected chi connectivity index (χ3v) is 19.2. The van der Waals surface area contributed by atoms with Crippen molar-refractivity contribution in [2.24, 2.45) is 16.7 Å². The molecule has 0 spiro atoms. The molecular formula is C62H84N4O21S2. The smallest absolute Gasteiger partial charge is 0.408 e. The largest absolute Gasteiger partial charge is 0.481 e. The fourth-order valence-electron chi connectivity index (χ4n) is 12.5. The SMILES string of the molecule is COC1C(=O)C2(C)C(OC)CC3OCC3(OC(C)=O)C2C(OC(=O)c2ccccc2)C2(O)CC(OC(=O)C(OC(=O)CCCSSCC(=O)NCCCCC(NC(=O)NCCCC(=O)O)C(=O)O)C(NC(=O)OC(C)(C)C)c3ccccc3)C(C)=C1C2(C)C. The lowest BCUT2D eigenvalue weighted by molar-refractivity contribution is -0.347. The van der Waals surface area contributed by atoms with Crippen molar-refractivity contribution >= 4 is 81.2 Å². The number of amides is 4. The number of alkyl carbamates (subject to hydrolysis) is 1. The molecule has 1 saturated heterocycles. The average Bonchev–Trinajstić information content (AvgIpc) is 0.708. The summed E-state index contributed by atoms with van der Waals surface area (Å²) in [5.41, 5.74) is -7.54. The molecule has 12 unspecified atom stereocenters. The van der Waals surface area contributed by atoms with Gasteiger partial charge in [0.05, 0.1) is 35.4 Å². The van der Waals surface area contributed by atoms with Crippen LogP contribution in [0.5, 0.6) is 0 Å². The Bertz CT molecular complexity index is 2930. The molecule has 3 aliphatic carbocycles. The van der Waals surface area contributed by atoms with E-state index in [2.05, 4.69) is 21.3 Å². The standard InChI is InChI=1S/C62H84N4O21S2/c1-35-40(32-62(79)52(85-54(75)38-23-15-12-16-24-38)50-60(8,51(72)48(81-10)46(35)59(62,6)7)41(80-9)31-42-61(50,34-82-42)86-36(2)67)83-55(76)49(47(37-21-13-11-14-22-37)66-57(78)87-58(3,4)5)84-45(71)27-20-30-88-89-33-43(68)63-28-18-17-25-39(53(73)74)65-56(77)64-29-19-26-44(69)70/h11-16,21-24,39-42,47-50,52,79H,17-20,25-34H2,1-10H3,(H,63,68)(H,66,78)(H,69,70)(H,73,74)(H2,64,65,77). The first kappa shape index (κ1) is 71.3. The number of urea groups is 1. The van der Waals surface area contributed by atoms with Gasteiger partial charge in [0.2, 0.25) is 12.0 Å². The van der Waals surface area contributed by atoms with Crippen molar-refractivity contribution in [3.63, 3.8) is 0 Å². The van der Waals surface area contributed by atoms with Gasteiger partial charge in [-0.25, -0.2) is 24.0 Å². The summed E-state index contributed by atoms with van der Waals surface area (Å²) in [4.78, 5) is 134. The Kier molecular flexibility index (Phi) is 24.7. The number of aliphatic hydroxyl groups is 1. The van der Waals surface area contributed by atoms with Gasteiger partial charge in [-0.15, -0.1) is 0 Å². The van der Waals surface area contributed by atoms with Crippen molar-refractivity contribution in [1.82, 2.24) is 21.3 Å². The Labute approximate surface area is 525 Å². The molecule has 4 amide bonds. The third kappa shape index (κ3) is 17.0. The van der Waals surface area contributed by atoms with Gasteiger partial charge in [0, 0.05) is 71.1 Å². The van der Waals surface area contributed by atoms with Crippen molar-refractivity contribution in [3.8, 4) is 0 Å². The number of carboxylic acid groups (broad SMARTS) is 2. The maximum absolute atomic E-state index is 15.9. The second-order valence-corrected chi connectivity index (χ2v) is 26.9. The van der Waals surface area contributed by atoms with E-state index in [1.165, 1.54) is 54.9 Å². The number of methoxy groups -OCH3 is 2. The highest BCUT2D eigenvalue weighted by Crippen LogP contribution is 2.65. The fraction of sp³-hybridized carbons (Fsp3) is 0.613. The van der Waals surface area contributed by atoms with Gasteiger partial charge < -0.3 is 74.5 Å². The number of ketones is 1. The number of nitrogens with one attached hydrogen (secondary N) is 4. The number of ether oxygens (including phenoxy) is 8. The fourth-order valence-corrected chi connectivity index (χ4v) is 14.4. The molecule has 2 saturated carbocycles. The van der Waals surface area contributed by atoms with Crippen LogP contribution < -0.4 is 21.3 Å². The topological polar surface area (TPSA) is 353 Å². The van der Waals surface area contributed by atoms with E-state index < -0.39 is 142 Å². The number of unbranched alkanes of at least 4 members (excludes halogenated alkanes) is 1. The number of hydrogen-bond acceptors (Lipinski definition) is 21. The van der Waals surface area contributed by atoms with Crippen LogP contribution in [0.1, 0.15) is 135 Å². The molecule has 12 atom stereocenters. The molecule has 1 heterocycles. The number of fused-ring (bicyclic) bond motifs is 5. The van der Waals surface area contributed by atoms with Crippen molar-refractivity contribution in [3.05, 3.63) is 82.9 Å². The van der Waals surface area contributed by atoms with E-state index in [-0.39, 0.29) is 86.6 Å². The summed E-state index contributed by atoms with van der Waals surface area (Å²) in [6.07, 6.45) is -9.17. The van der Waals surface area contributed by atoms with Crippen LogP contribution in [0, 0.1) is 16.7 Å². The molecule has 27 heteroatoms. The molecule has 6 rings (SSSR count). The predicted molar refractivity (Wildman–Crippen MR) is 323 cm³/mol. The van der Waals surface area contributed by atoms with Crippen LogP contribution in [0.15, 0.2) is 71.8 Å². The van der Waals surface area contributed by atoms with Crippen molar-refractivity contribution in [2.45, 2.75) is 179 Å². The Hall–Kier alpha value is -6.78. The number of Topliss-reactive ketones (excluding diaryl/α,β-unsaturated/α-hetero) is 1. The molecule has 490 valence electrons. The molecule has 1 aliphatic heterocycles. The minimum Gasteiger partial charge on any atom is -0.481 e. The number of carbonyl (C=O) groups is 10. The van der Waals surface area contributed by atoms with Gasteiger partial charge in [-0.1, -0.05) is 84.0 Å². The van der Waals surface area contributed by atoms with Crippen LogP contribution in [0.4, 0.5) is 9.59 Å². The van der Waals surface area contributed by atoms with E-state index in [4.69, 9.17) is 43.0 Å². The van der Waals surface area contributed by atoms with Gasteiger partial charge in [0.1, 0.15) is 47.7 Å². The lowest BCUT2D eigenvalue weighted by Crippen LogP contribution is -2.82. The lowest BCUT2D eigenvalue weighted by atomic mass is 9.44. The number of carbonyl (C=O) groups excluding carboxylic acids is 8. The van der Waals surface area contributed by atoms with Crippen LogP contribution in [0.2, 0.25) is 0 Å². The molecule has 25 nitrogen and oxygen atoms in total. The number of carboxylic acids is 2. The third-order valence-electron chi connectivity index (χ3n) is 16.8. The van der Waals surface area contributed by atoms with E-state index in [1.54, 1.807) is 97.0 Å².